The van der Waals surface area contributed by atoms with E-state index in [2.05, 4.69) is 5.32 Å². The number of fused-ring (bicyclic) bond motifs is 2. The summed E-state index contributed by atoms with van der Waals surface area (Å²) in [4.78, 5) is 11.5. The van der Waals surface area contributed by atoms with Crippen molar-refractivity contribution < 1.29 is 17.9 Å². The molecule has 2 heterocycles. The van der Waals surface area contributed by atoms with Gasteiger partial charge in [-0.05, 0) is 32.6 Å². The summed E-state index contributed by atoms with van der Waals surface area (Å²) in [6.45, 7) is 4.11. The molecule has 0 aromatic rings. The van der Waals surface area contributed by atoms with E-state index in [0.717, 1.165) is 25.7 Å². The minimum Gasteiger partial charge on any atom is -0.465 e. The second-order valence-corrected chi connectivity index (χ2v) is 7.45. The first-order valence-corrected chi connectivity index (χ1v) is 8.98. The number of esters is 1. The minimum absolute atomic E-state index is 0.0122. The Morgan fingerprint density at radius 1 is 1.25 bits per heavy atom. The molecule has 0 amide bonds. The lowest BCUT2D eigenvalue weighted by Gasteiger charge is -2.36. The molecule has 2 unspecified atom stereocenters. The summed E-state index contributed by atoms with van der Waals surface area (Å²) in [6, 6.07) is 0.856. The maximum atomic E-state index is 12.4. The molecule has 2 rings (SSSR count). The molecule has 0 spiro atoms. The van der Waals surface area contributed by atoms with Crippen LogP contribution in [0.3, 0.4) is 0 Å². The molecule has 0 aromatic heterocycles. The molecule has 1 N–H and O–H groups in total. The average Bonchev–Trinajstić information content (AvgIpc) is 2.68. The van der Waals surface area contributed by atoms with Gasteiger partial charge in [0.15, 0.2) is 5.75 Å². The lowest BCUT2D eigenvalue weighted by atomic mass is 10.00. The predicted octanol–water partition coefficient (Wildman–Crippen LogP) is 0.484. The molecule has 2 bridgehead atoms. The van der Waals surface area contributed by atoms with Gasteiger partial charge in [-0.2, -0.15) is 4.31 Å². The molecule has 6 nitrogen and oxygen atoms in total. The number of nitrogens with one attached hydrogen (secondary N) is 1. The Morgan fingerprint density at radius 3 is 2.35 bits per heavy atom. The maximum Gasteiger partial charge on any atom is 0.322 e. The fourth-order valence-electron chi connectivity index (χ4n) is 3.38. The van der Waals surface area contributed by atoms with E-state index in [4.69, 9.17) is 4.74 Å². The molecule has 2 aliphatic heterocycles. The Morgan fingerprint density at radius 2 is 1.85 bits per heavy atom. The van der Waals surface area contributed by atoms with Crippen molar-refractivity contribution in [1.29, 1.82) is 0 Å². The van der Waals surface area contributed by atoms with Crippen LogP contribution < -0.4 is 5.32 Å². The molecule has 0 saturated carbocycles. The highest BCUT2D eigenvalue weighted by Gasteiger charge is 2.39. The smallest absolute Gasteiger partial charge is 0.322 e. The highest BCUT2D eigenvalue weighted by atomic mass is 32.2. The minimum atomic E-state index is -3.58. The molecule has 0 aliphatic carbocycles. The van der Waals surface area contributed by atoms with Crippen LogP contribution in [0.25, 0.3) is 0 Å². The fraction of sp³-hybridized carbons (Fsp3) is 0.923. The first kappa shape index (κ1) is 15.7. The first-order chi connectivity index (χ1) is 9.46. The topological polar surface area (TPSA) is 75.7 Å². The highest BCUT2D eigenvalue weighted by Crippen LogP contribution is 2.30. The quantitative estimate of drug-likeness (QED) is 0.723. The van der Waals surface area contributed by atoms with Gasteiger partial charge in [-0.25, -0.2) is 8.42 Å². The van der Waals surface area contributed by atoms with Crippen LogP contribution in [-0.4, -0.2) is 55.7 Å². The first-order valence-electron chi connectivity index (χ1n) is 7.37. The molecular weight excluding hydrogens is 280 g/mol. The van der Waals surface area contributed by atoms with E-state index in [0.29, 0.717) is 18.6 Å². The molecule has 2 aliphatic rings. The van der Waals surface area contributed by atoms with Gasteiger partial charge >= 0.3 is 5.97 Å². The Kier molecular flexibility index (Phi) is 5.04. The largest absolute Gasteiger partial charge is 0.465 e. The number of carbonyl (C=O) groups is 1. The number of sulfonamides is 1. The zero-order chi connectivity index (χ0) is 14.8. The third-order valence-electron chi connectivity index (χ3n) is 4.13. The molecule has 0 aromatic carbocycles. The van der Waals surface area contributed by atoms with Crippen molar-refractivity contribution in [3.63, 3.8) is 0 Å². The Hall–Kier alpha value is -0.660. The van der Waals surface area contributed by atoms with Crippen molar-refractivity contribution in [2.45, 2.75) is 57.7 Å². The van der Waals surface area contributed by atoms with Crippen molar-refractivity contribution >= 4 is 16.0 Å². The van der Waals surface area contributed by atoms with Crippen LogP contribution in [0.15, 0.2) is 0 Å². The van der Waals surface area contributed by atoms with Crippen molar-refractivity contribution in [3.8, 4) is 0 Å². The zero-order valence-electron chi connectivity index (χ0n) is 12.2. The lowest BCUT2D eigenvalue weighted by molar-refractivity contribution is -0.140. The van der Waals surface area contributed by atoms with Gasteiger partial charge < -0.3 is 10.1 Å². The number of ether oxygens (including phenoxy) is 1. The van der Waals surface area contributed by atoms with Crippen molar-refractivity contribution in [1.82, 2.24) is 9.62 Å². The molecule has 2 atom stereocenters. The second kappa shape index (κ2) is 6.41. The molecule has 7 heteroatoms. The molecule has 0 radical (unpaired) electrons. The van der Waals surface area contributed by atoms with Gasteiger partial charge in [0.25, 0.3) is 0 Å². The summed E-state index contributed by atoms with van der Waals surface area (Å²) in [5.74, 6) is -1.21. The van der Waals surface area contributed by atoms with Crippen LogP contribution in [0.2, 0.25) is 0 Å². The molecular formula is C13H24N2O4S. The Balaban J connectivity index is 2.05. The Labute approximate surface area is 120 Å². The van der Waals surface area contributed by atoms with Crippen LogP contribution in [0, 0.1) is 0 Å². The van der Waals surface area contributed by atoms with E-state index >= 15 is 0 Å². The molecule has 2 fully saturated rings. The molecule has 116 valence electrons. The molecule has 20 heavy (non-hydrogen) atoms. The van der Waals surface area contributed by atoms with E-state index in [9.17, 15) is 13.2 Å². The number of hydrogen-bond donors (Lipinski definition) is 1. The van der Waals surface area contributed by atoms with E-state index in [1.54, 1.807) is 6.92 Å². The van der Waals surface area contributed by atoms with Gasteiger partial charge in [0, 0.05) is 24.7 Å². The zero-order valence-corrected chi connectivity index (χ0v) is 13.0. The maximum absolute atomic E-state index is 12.4. The molecule has 2 saturated heterocycles. The summed E-state index contributed by atoms with van der Waals surface area (Å²) >= 11 is 0. The van der Waals surface area contributed by atoms with Crippen molar-refractivity contribution in [2.75, 3.05) is 18.9 Å². The van der Waals surface area contributed by atoms with Crippen molar-refractivity contribution in [3.05, 3.63) is 0 Å². The average molecular weight is 304 g/mol. The van der Waals surface area contributed by atoms with Gasteiger partial charge in [-0.3, -0.25) is 4.79 Å². The number of hydrogen-bond acceptors (Lipinski definition) is 5. The summed E-state index contributed by atoms with van der Waals surface area (Å²) < 4.78 is 31.0. The second-order valence-electron chi connectivity index (χ2n) is 5.53. The fourth-order valence-corrected chi connectivity index (χ4v) is 4.95. The summed E-state index contributed by atoms with van der Waals surface area (Å²) in [5, 5.41) is 3.50. The van der Waals surface area contributed by atoms with Gasteiger partial charge in [0.2, 0.25) is 10.0 Å². The van der Waals surface area contributed by atoms with Gasteiger partial charge in [0.05, 0.1) is 6.61 Å². The van der Waals surface area contributed by atoms with E-state index < -0.39 is 21.7 Å². The number of nitrogens with zero attached hydrogens (tertiary/aromatic N) is 1. The lowest BCUT2D eigenvalue weighted by Crippen LogP contribution is -2.51. The van der Waals surface area contributed by atoms with Crippen LogP contribution in [0.5, 0.6) is 0 Å². The Bertz CT molecular complexity index is 439. The van der Waals surface area contributed by atoms with Crippen molar-refractivity contribution in [2.24, 2.45) is 0 Å². The predicted molar refractivity (Wildman–Crippen MR) is 75.8 cm³/mol. The summed E-state index contributed by atoms with van der Waals surface area (Å²) in [6.07, 6.45) is 3.92. The summed E-state index contributed by atoms with van der Waals surface area (Å²) in [5.41, 5.74) is 0. The van der Waals surface area contributed by atoms with Gasteiger partial charge in [0.1, 0.15) is 0 Å². The van der Waals surface area contributed by atoms with E-state index in [1.165, 1.54) is 4.31 Å². The highest BCUT2D eigenvalue weighted by molar-refractivity contribution is 7.89. The van der Waals surface area contributed by atoms with E-state index in [1.807, 2.05) is 6.92 Å². The van der Waals surface area contributed by atoms with Crippen LogP contribution in [0.1, 0.15) is 39.5 Å². The number of rotatable bonds is 6. The SMILES string of the molecule is CCOC(=O)CS(=O)(=O)N(CC)C1CC2CCC(C1)N2. The monoisotopic (exact) mass is 304 g/mol. The summed E-state index contributed by atoms with van der Waals surface area (Å²) in [7, 11) is -3.58. The van der Waals surface area contributed by atoms with Crippen LogP contribution in [-0.2, 0) is 19.6 Å². The third-order valence-corrected chi connectivity index (χ3v) is 6.00. The number of piperidine rings is 1. The van der Waals surface area contributed by atoms with Gasteiger partial charge in [-0.15, -0.1) is 0 Å². The van der Waals surface area contributed by atoms with E-state index in [-0.39, 0.29) is 12.6 Å². The normalized spacial score (nSPS) is 29.6. The standard InChI is InChI=1S/C13H24N2O4S/c1-3-15(20(17,18)9-13(16)19-4-2)12-7-10-5-6-11(8-12)14-10/h10-12,14H,3-9H2,1-2H3. The van der Waals surface area contributed by atoms with Crippen LogP contribution >= 0.6 is 0 Å². The third kappa shape index (κ3) is 3.51. The van der Waals surface area contributed by atoms with Gasteiger partial charge in [-0.1, -0.05) is 6.92 Å². The van der Waals surface area contributed by atoms with Crippen LogP contribution in [0.4, 0.5) is 0 Å². The number of carbonyl (C=O) groups excluding carboxylic acids is 1.